The average molecular weight is 265 g/mol. The van der Waals surface area contributed by atoms with Crippen molar-refractivity contribution in [2.45, 2.75) is 20.3 Å². The highest BCUT2D eigenvalue weighted by molar-refractivity contribution is 5.87. The molecule has 0 aliphatic heterocycles. The fourth-order valence-electron chi connectivity index (χ4n) is 1.73. The second-order valence-electron chi connectivity index (χ2n) is 4.40. The number of carbonyl (C=O) groups is 1. The van der Waals surface area contributed by atoms with E-state index in [0.29, 0.717) is 12.1 Å². The molecule has 0 fully saturated rings. The predicted octanol–water partition coefficient (Wildman–Crippen LogP) is 2.39. The van der Waals surface area contributed by atoms with E-state index in [9.17, 15) is 9.18 Å². The quantitative estimate of drug-likeness (QED) is 0.487. The summed E-state index contributed by atoms with van der Waals surface area (Å²) in [7, 11) is 1.37. The Morgan fingerprint density at radius 2 is 2.21 bits per heavy atom. The molecule has 1 rings (SSSR count). The van der Waals surface area contributed by atoms with Gasteiger partial charge in [0.1, 0.15) is 5.82 Å². The third-order valence-electron chi connectivity index (χ3n) is 2.94. The zero-order chi connectivity index (χ0) is 14.3. The smallest absolute Gasteiger partial charge is 0.333 e. The number of halogens is 1. The van der Waals surface area contributed by atoms with Crippen LogP contribution in [0.5, 0.6) is 0 Å². The Balaban J connectivity index is 2.33. The highest BCUT2D eigenvalue weighted by atomic mass is 19.1. The second kappa shape index (κ2) is 7.69. The van der Waals surface area contributed by atoms with Crippen LogP contribution in [-0.2, 0) is 16.0 Å². The monoisotopic (exact) mass is 265 g/mol. The second-order valence-corrected chi connectivity index (χ2v) is 4.40. The van der Waals surface area contributed by atoms with Gasteiger partial charge in [0.05, 0.1) is 7.11 Å². The summed E-state index contributed by atoms with van der Waals surface area (Å²) in [5.41, 5.74) is 2.68. The van der Waals surface area contributed by atoms with Crippen molar-refractivity contribution in [3.05, 3.63) is 46.8 Å². The van der Waals surface area contributed by atoms with E-state index in [1.54, 1.807) is 13.0 Å². The molecule has 0 unspecified atom stereocenters. The van der Waals surface area contributed by atoms with Gasteiger partial charge in [0.2, 0.25) is 0 Å². The first kappa shape index (κ1) is 15.4. The van der Waals surface area contributed by atoms with E-state index >= 15 is 0 Å². The maximum absolute atomic E-state index is 12.9. The summed E-state index contributed by atoms with van der Waals surface area (Å²) in [6.07, 6.45) is 2.63. The Labute approximate surface area is 113 Å². The van der Waals surface area contributed by atoms with Crippen molar-refractivity contribution in [1.82, 2.24) is 5.32 Å². The van der Waals surface area contributed by atoms with Crippen LogP contribution in [0.25, 0.3) is 0 Å². The van der Waals surface area contributed by atoms with Gasteiger partial charge in [-0.05, 0) is 50.1 Å². The van der Waals surface area contributed by atoms with Crippen LogP contribution in [0.2, 0.25) is 0 Å². The van der Waals surface area contributed by atoms with Gasteiger partial charge in [-0.3, -0.25) is 0 Å². The molecular formula is C15H20FNO2. The zero-order valence-corrected chi connectivity index (χ0v) is 11.6. The fourth-order valence-corrected chi connectivity index (χ4v) is 1.73. The van der Waals surface area contributed by atoms with Crippen LogP contribution in [-0.4, -0.2) is 26.2 Å². The lowest BCUT2D eigenvalue weighted by molar-refractivity contribution is -0.136. The highest BCUT2D eigenvalue weighted by Gasteiger charge is 2.02. The lowest BCUT2D eigenvalue weighted by Gasteiger charge is -2.06. The number of aryl methyl sites for hydroxylation is 1. The van der Waals surface area contributed by atoms with E-state index in [-0.39, 0.29) is 11.8 Å². The topological polar surface area (TPSA) is 38.3 Å². The normalized spacial score (nSPS) is 11.5. The maximum atomic E-state index is 12.9. The van der Waals surface area contributed by atoms with Crippen molar-refractivity contribution in [2.75, 3.05) is 20.2 Å². The lowest BCUT2D eigenvalue weighted by atomic mass is 10.1. The van der Waals surface area contributed by atoms with E-state index in [1.165, 1.54) is 19.2 Å². The SMILES string of the molecule is COC(=O)/C(C)=C/CNCCc1ccc(F)cc1C. The van der Waals surface area contributed by atoms with Crippen LogP contribution in [0.15, 0.2) is 29.8 Å². The minimum absolute atomic E-state index is 0.203. The Morgan fingerprint density at radius 3 is 2.84 bits per heavy atom. The van der Waals surface area contributed by atoms with E-state index in [1.807, 2.05) is 13.0 Å². The van der Waals surface area contributed by atoms with Gasteiger partial charge in [-0.1, -0.05) is 12.1 Å². The molecule has 0 atom stereocenters. The van der Waals surface area contributed by atoms with Gasteiger partial charge in [-0.25, -0.2) is 9.18 Å². The minimum atomic E-state index is -0.309. The Kier molecular flexibility index (Phi) is 6.22. The number of esters is 1. The molecule has 3 nitrogen and oxygen atoms in total. The summed E-state index contributed by atoms with van der Waals surface area (Å²) >= 11 is 0. The van der Waals surface area contributed by atoms with Gasteiger partial charge in [0.15, 0.2) is 0 Å². The molecule has 19 heavy (non-hydrogen) atoms. The first-order valence-corrected chi connectivity index (χ1v) is 6.25. The molecule has 104 valence electrons. The van der Waals surface area contributed by atoms with Crippen molar-refractivity contribution in [3.63, 3.8) is 0 Å². The number of hydrogen-bond donors (Lipinski definition) is 1. The molecule has 0 amide bonds. The van der Waals surface area contributed by atoms with Crippen LogP contribution in [0.1, 0.15) is 18.1 Å². The van der Waals surface area contributed by atoms with Crippen molar-refractivity contribution >= 4 is 5.97 Å². The number of benzene rings is 1. The third-order valence-corrected chi connectivity index (χ3v) is 2.94. The lowest BCUT2D eigenvalue weighted by Crippen LogP contribution is -2.18. The molecule has 1 aromatic rings. The van der Waals surface area contributed by atoms with Gasteiger partial charge < -0.3 is 10.1 Å². The number of ether oxygens (including phenoxy) is 1. The van der Waals surface area contributed by atoms with Gasteiger partial charge in [-0.15, -0.1) is 0 Å². The largest absolute Gasteiger partial charge is 0.466 e. The van der Waals surface area contributed by atoms with E-state index in [2.05, 4.69) is 10.1 Å². The Morgan fingerprint density at radius 1 is 1.47 bits per heavy atom. The van der Waals surface area contributed by atoms with Gasteiger partial charge in [0, 0.05) is 12.1 Å². The predicted molar refractivity (Wildman–Crippen MR) is 73.5 cm³/mol. The molecule has 4 heteroatoms. The first-order chi connectivity index (χ1) is 9.04. The number of nitrogens with one attached hydrogen (secondary N) is 1. The molecule has 1 aromatic carbocycles. The van der Waals surface area contributed by atoms with E-state index in [0.717, 1.165) is 24.1 Å². The highest BCUT2D eigenvalue weighted by Crippen LogP contribution is 2.10. The van der Waals surface area contributed by atoms with E-state index < -0.39 is 0 Å². The molecule has 0 saturated heterocycles. The van der Waals surface area contributed by atoms with Gasteiger partial charge in [-0.2, -0.15) is 0 Å². The molecule has 1 N–H and O–H groups in total. The third kappa shape index (κ3) is 5.22. The molecule has 0 bridgehead atoms. The van der Waals surface area contributed by atoms with Crippen LogP contribution in [0.3, 0.4) is 0 Å². The summed E-state index contributed by atoms with van der Waals surface area (Å²) < 4.78 is 17.5. The molecule has 0 aromatic heterocycles. The summed E-state index contributed by atoms with van der Waals surface area (Å²) in [6.45, 7) is 5.01. The van der Waals surface area contributed by atoms with Crippen molar-refractivity contribution < 1.29 is 13.9 Å². The van der Waals surface area contributed by atoms with Crippen LogP contribution < -0.4 is 5.32 Å². The van der Waals surface area contributed by atoms with Crippen LogP contribution in [0.4, 0.5) is 4.39 Å². The molecular weight excluding hydrogens is 245 g/mol. The van der Waals surface area contributed by atoms with Crippen LogP contribution in [0, 0.1) is 12.7 Å². The first-order valence-electron chi connectivity index (χ1n) is 6.25. The Hall–Kier alpha value is -1.68. The van der Waals surface area contributed by atoms with Crippen LogP contribution >= 0.6 is 0 Å². The summed E-state index contributed by atoms with van der Waals surface area (Å²) in [5, 5.41) is 3.21. The molecule has 0 aliphatic carbocycles. The number of carbonyl (C=O) groups excluding carboxylic acids is 1. The average Bonchev–Trinajstić information content (AvgIpc) is 2.39. The Bertz CT molecular complexity index is 469. The maximum Gasteiger partial charge on any atom is 0.333 e. The zero-order valence-electron chi connectivity index (χ0n) is 11.6. The van der Waals surface area contributed by atoms with Crippen molar-refractivity contribution in [3.8, 4) is 0 Å². The molecule has 0 saturated carbocycles. The summed E-state index contributed by atoms with van der Waals surface area (Å²) in [6, 6.07) is 4.82. The number of rotatable bonds is 6. The molecule has 0 heterocycles. The van der Waals surface area contributed by atoms with Gasteiger partial charge >= 0.3 is 5.97 Å². The fraction of sp³-hybridized carbons (Fsp3) is 0.400. The number of hydrogen-bond acceptors (Lipinski definition) is 3. The van der Waals surface area contributed by atoms with Gasteiger partial charge in [0.25, 0.3) is 0 Å². The standard InChI is InChI=1S/C15H20FNO2/c1-11(15(18)19-3)6-8-17-9-7-13-4-5-14(16)10-12(13)2/h4-6,10,17H,7-9H2,1-3H3/b11-6+. The van der Waals surface area contributed by atoms with E-state index in [4.69, 9.17) is 0 Å². The summed E-state index contributed by atoms with van der Waals surface area (Å²) in [5.74, 6) is -0.512. The summed E-state index contributed by atoms with van der Waals surface area (Å²) in [4.78, 5) is 11.1. The minimum Gasteiger partial charge on any atom is -0.466 e. The van der Waals surface area contributed by atoms with Crippen molar-refractivity contribution in [1.29, 1.82) is 0 Å². The number of methoxy groups -OCH3 is 1. The molecule has 0 radical (unpaired) electrons. The molecule has 0 spiro atoms. The molecule has 0 aliphatic rings. The van der Waals surface area contributed by atoms with Crippen molar-refractivity contribution in [2.24, 2.45) is 0 Å².